The number of ketones is 2. The molecule has 9 nitrogen and oxygen atoms in total. The van der Waals surface area contributed by atoms with Gasteiger partial charge in [0.15, 0.2) is 18.0 Å². The van der Waals surface area contributed by atoms with Gasteiger partial charge < -0.3 is 24.1 Å². The van der Waals surface area contributed by atoms with Gasteiger partial charge in [0.05, 0.1) is 19.3 Å². The van der Waals surface area contributed by atoms with E-state index in [9.17, 15) is 24.3 Å². The predicted octanol–water partition coefficient (Wildman–Crippen LogP) is 5.97. The van der Waals surface area contributed by atoms with Gasteiger partial charge in [0.25, 0.3) is 0 Å². The molecule has 4 rings (SSSR count). The van der Waals surface area contributed by atoms with Crippen LogP contribution in [-0.4, -0.2) is 60.5 Å². The van der Waals surface area contributed by atoms with Crippen LogP contribution in [0.1, 0.15) is 86.5 Å². The smallest absolute Gasteiger partial charge is 0.434 e. The zero-order valence-electron chi connectivity index (χ0n) is 26.0. The van der Waals surface area contributed by atoms with E-state index in [-0.39, 0.29) is 61.4 Å². The van der Waals surface area contributed by atoms with Gasteiger partial charge >= 0.3 is 12.3 Å². The molecule has 0 aromatic rings. The van der Waals surface area contributed by atoms with Gasteiger partial charge in [-0.3, -0.25) is 9.59 Å². The van der Waals surface area contributed by atoms with Crippen LogP contribution < -0.4 is 0 Å². The van der Waals surface area contributed by atoms with Crippen molar-refractivity contribution in [1.29, 1.82) is 0 Å². The Labute approximate surface area is 249 Å². The highest BCUT2D eigenvalue weighted by atomic mass is 16.7. The molecule has 0 bridgehead atoms. The van der Waals surface area contributed by atoms with Crippen molar-refractivity contribution in [2.75, 3.05) is 19.8 Å². The molecule has 4 aliphatic carbocycles. The van der Waals surface area contributed by atoms with Crippen molar-refractivity contribution in [3.63, 3.8) is 0 Å². The lowest BCUT2D eigenvalue weighted by molar-refractivity contribution is -0.184. The Morgan fingerprint density at radius 2 is 1.76 bits per heavy atom. The van der Waals surface area contributed by atoms with Gasteiger partial charge in [0, 0.05) is 16.7 Å². The molecule has 42 heavy (non-hydrogen) atoms. The quantitative estimate of drug-likeness (QED) is 0.307. The summed E-state index contributed by atoms with van der Waals surface area (Å²) in [5, 5.41) is 11.8. The molecule has 0 aromatic carbocycles. The van der Waals surface area contributed by atoms with Crippen LogP contribution in [0.25, 0.3) is 0 Å². The fraction of sp³-hybridized carbons (Fsp3) is 0.758. The van der Waals surface area contributed by atoms with Crippen molar-refractivity contribution in [1.82, 2.24) is 0 Å². The first-order valence-corrected chi connectivity index (χ1v) is 15.6. The molecular formula is C33H48O9. The second kappa shape index (κ2) is 12.5. The minimum Gasteiger partial charge on any atom is -0.434 e. The third-order valence-electron chi connectivity index (χ3n) is 10.4. The van der Waals surface area contributed by atoms with Gasteiger partial charge in [-0.1, -0.05) is 59.6 Å². The van der Waals surface area contributed by atoms with E-state index in [1.165, 1.54) is 0 Å². The van der Waals surface area contributed by atoms with Gasteiger partial charge in [-0.25, -0.2) is 9.59 Å². The predicted molar refractivity (Wildman–Crippen MR) is 154 cm³/mol. The molecule has 0 spiro atoms. The Morgan fingerprint density at radius 3 is 2.45 bits per heavy atom. The second-order valence-corrected chi connectivity index (χ2v) is 13.8. The summed E-state index contributed by atoms with van der Waals surface area (Å²) in [6.07, 6.45) is 6.89. The normalized spacial score (nSPS) is 35.8. The molecule has 0 aliphatic heterocycles. The van der Waals surface area contributed by atoms with E-state index in [1.54, 1.807) is 12.2 Å². The summed E-state index contributed by atoms with van der Waals surface area (Å²) in [6.45, 7) is 11.5. The zero-order chi connectivity index (χ0) is 30.9. The lowest BCUT2D eigenvalue weighted by Crippen LogP contribution is -2.63. The van der Waals surface area contributed by atoms with Gasteiger partial charge in [0.2, 0.25) is 5.78 Å². The molecular weight excluding hydrogens is 540 g/mol. The summed E-state index contributed by atoms with van der Waals surface area (Å²) in [5.74, 6) is -0.483. The highest BCUT2D eigenvalue weighted by Gasteiger charge is 2.70. The van der Waals surface area contributed by atoms with Crippen LogP contribution in [0.4, 0.5) is 9.59 Å². The van der Waals surface area contributed by atoms with Crippen LogP contribution in [0.3, 0.4) is 0 Å². The number of aliphatic hydroxyl groups excluding tert-OH is 1. The first-order chi connectivity index (χ1) is 19.8. The van der Waals surface area contributed by atoms with Gasteiger partial charge in [-0.05, 0) is 74.3 Å². The maximum atomic E-state index is 14.0. The SMILES string of the molecule is CCCC(C)COC(=O)O[C@]1(C(=O)COC(=O)OCC(C)C)CC[C@H]2[C@@H]3CCC4=CC(=O)C=C[C@]4(C)[C@H]3C(O)C[C@@]21C. The number of carbonyl (C=O) groups excluding carboxylic acids is 4. The number of allylic oxidation sites excluding steroid dienone is 4. The minimum absolute atomic E-state index is 0.0337. The number of Topliss-reactive ketones (excluding diaryl/α,β-unsaturated/α-hetero) is 1. The first kappa shape index (κ1) is 32.2. The van der Waals surface area contributed by atoms with Crippen LogP contribution in [0, 0.1) is 40.4 Å². The van der Waals surface area contributed by atoms with Crippen molar-refractivity contribution in [3.8, 4) is 0 Å². The van der Waals surface area contributed by atoms with Crippen LogP contribution in [0.15, 0.2) is 23.8 Å². The largest absolute Gasteiger partial charge is 0.509 e. The van der Waals surface area contributed by atoms with Crippen molar-refractivity contribution in [2.45, 2.75) is 98.2 Å². The average molecular weight is 589 g/mol. The maximum absolute atomic E-state index is 14.0. The average Bonchev–Trinajstić information content (AvgIpc) is 3.21. The molecule has 4 aliphatic rings. The van der Waals surface area contributed by atoms with E-state index in [4.69, 9.17) is 18.9 Å². The van der Waals surface area contributed by atoms with Crippen LogP contribution in [-0.2, 0) is 28.5 Å². The van der Waals surface area contributed by atoms with E-state index in [0.29, 0.717) is 6.42 Å². The zero-order valence-corrected chi connectivity index (χ0v) is 26.0. The summed E-state index contributed by atoms with van der Waals surface area (Å²) >= 11 is 0. The summed E-state index contributed by atoms with van der Waals surface area (Å²) in [7, 11) is 0. The number of carbonyl (C=O) groups is 4. The molecule has 1 N–H and O–H groups in total. The number of hydrogen-bond donors (Lipinski definition) is 1. The summed E-state index contributed by atoms with van der Waals surface area (Å²) in [6, 6.07) is 0. The van der Waals surface area contributed by atoms with Gasteiger partial charge in [-0.15, -0.1) is 0 Å². The molecule has 0 amide bonds. The first-order valence-electron chi connectivity index (χ1n) is 15.6. The van der Waals surface area contributed by atoms with Gasteiger partial charge in [-0.2, -0.15) is 0 Å². The maximum Gasteiger partial charge on any atom is 0.509 e. The third-order valence-corrected chi connectivity index (χ3v) is 10.4. The van der Waals surface area contributed by atoms with E-state index in [0.717, 1.165) is 31.3 Å². The Hall–Kier alpha value is -2.68. The van der Waals surface area contributed by atoms with Crippen LogP contribution >= 0.6 is 0 Å². The topological polar surface area (TPSA) is 125 Å². The van der Waals surface area contributed by atoms with Gasteiger partial charge in [0.1, 0.15) is 0 Å². The van der Waals surface area contributed by atoms with Crippen molar-refractivity contribution in [2.24, 2.45) is 40.4 Å². The standard InChI is InChI=1S/C33H48O9/c1-7-8-21(4)18-40-30(38)42-33(27(36)19-41-29(37)39-17-20(2)3)14-12-25-24-10-9-22-15-23(34)11-13-31(22,5)28(24)26(35)16-32(25,33)6/h11,13,15,20-21,24-26,28,35H,7-10,12,14,16-19H2,1-6H3/t21?,24-,25-,26?,28+,31-,32-,33-/m0/s1. The summed E-state index contributed by atoms with van der Waals surface area (Å²) in [4.78, 5) is 51.5. The fourth-order valence-electron chi connectivity index (χ4n) is 8.47. The Morgan fingerprint density at radius 1 is 1.05 bits per heavy atom. The Kier molecular flexibility index (Phi) is 9.60. The Bertz CT molecular complexity index is 1120. The number of ether oxygens (including phenoxy) is 4. The number of fused-ring (bicyclic) bond motifs is 5. The number of aliphatic hydroxyl groups is 1. The van der Waals surface area contributed by atoms with E-state index in [2.05, 4.69) is 13.8 Å². The third kappa shape index (κ3) is 5.90. The molecule has 0 heterocycles. The van der Waals surface area contributed by atoms with E-state index >= 15 is 0 Å². The lowest BCUT2D eigenvalue weighted by Gasteiger charge is -2.59. The molecule has 8 atom stereocenters. The number of rotatable bonds is 10. The van der Waals surface area contributed by atoms with Crippen LogP contribution in [0.5, 0.6) is 0 Å². The molecule has 0 saturated heterocycles. The molecule has 0 aromatic heterocycles. The summed E-state index contributed by atoms with van der Waals surface area (Å²) in [5.41, 5.74) is -1.99. The van der Waals surface area contributed by atoms with Crippen molar-refractivity contribution in [3.05, 3.63) is 23.8 Å². The highest BCUT2D eigenvalue weighted by Crippen LogP contribution is 2.68. The highest BCUT2D eigenvalue weighted by molar-refractivity contribution is 6.01. The van der Waals surface area contributed by atoms with E-state index in [1.807, 2.05) is 33.8 Å². The number of hydrogen-bond acceptors (Lipinski definition) is 9. The van der Waals surface area contributed by atoms with Crippen molar-refractivity contribution >= 4 is 23.9 Å². The molecule has 3 fully saturated rings. The lowest BCUT2D eigenvalue weighted by atomic mass is 9.46. The monoisotopic (exact) mass is 588 g/mol. The Balaban J connectivity index is 1.61. The van der Waals surface area contributed by atoms with Crippen molar-refractivity contribution < 1.29 is 43.2 Å². The molecule has 2 unspecified atom stereocenters. The van der Waals surface area contributed by atoms with E-state index < -0.39 is 47.2 Å². The van der Waals surface area contributed by atoms with Crippen LogP contribution in [0.2, 0.25) is 0 Å². The molecule has 3 saturated carbocycles. The molecule has 0 radical (unpaired) electrons. The summed E-state index contributed by atoms with van der Waals surface area (Å²) < 4.78 is 21.8. The fourth-order valence-corrected chi connectivity index (χ4v) is 8.47. The second-order valence-electron chi connectivity index (χ2n) is 13.8. The minimum atomic E-state index is -1.64. The molecule has 234 valence electrons. The molecule has 9 heteroatoms.